The van der Waals surface area contributed by atoms with Crippen LogP contribution < -0.4 is 20.5 Å². The van der Waals surface area contributed by atoms with Crippen LogP contribution in [-0.4, -0.2) is 57.5 Å². The highest BCUT2D eigenvalue weighted by Crippen LogP contribution is 2.31. The number of halogens is 3. The summed E-state index contributed by atoms with van der Waals surface area (Å²) in [4.78, 5) is 16.8. The molecule has 3 aromatic heterocycles. The van der Waals surface area contributed by atoms with Gasteiger partial charge in [0, 0.05) is 12.1 Å². The molecule has 0 fully saturated rings. The fourth-order valence-electron chi connectivity index (χ4n) is 4.01. The molecule has 0 aliphatic rings. The van der Waals surface area contributed by atoms with Crippen LogP contribution in [0.2, 0.25) is 0 Å². The molecule has 0 saturated heterocycles. The van der Waals surface area contributed by atoms with E-state index in [1.165, 1.54) is 18.5 Å². The van der Waals surface area contributed by atoms with Crippen molar-refractivity contribution in [3.63, 3.8) is 0 Å². The van der Waals surface area contributed by atoms with Crippen LogP contribution in [0.25, 0.3) is 28.0 Å². The minimum absolute atomic E-state index is 0.0607. The molecule has 0 amide bonds. The lowest BCUT2D eigenvalue weighted by Crippen LogP contribution is -2.22. The highest BCUT2D eigenvalue weighted by molar-refractivity contribution is 7.89. The molecule has 4 N–H and O–H groups in total. The van der Waals surface area contributed by atoms with Gasteiger partial charge in [0.05, 0.1) is 23.5 Å². The van der Waals surface area contributed by atoms with Gasteiger partial charge in [-0.2, -0.15) is 23.3 Å². The standard InChI is InChI=1S/C26H24F3N9O3S/c1-2-41-21-10-5-17(11-22(21)42(30,39)40)19-8-9-20-23(35-19)24(33-13-26(27,28)29)37-25(36-20)32-12-16-3-6-18(7-4-16)38-15-31-14-34-38/h3-11,14-15H,2,12-13H2,1H3,(H2,30,39,40)(H2,32,33,36,37). The fraction of sp³-hybridized carbons (Fsp3) is 0.192. The fourth-order valence-corrected chi connectivity index (χ4v) is 4.71. The number of anilines is 2. The van der Waals surface area contributed by atoms with Crippen molar-refractivity contribution in [3.8, 4) is 22.7 Å². The van der Waals surface area contributed by atoms with Gasteiger partial charge in [-0.15, -0.1) is 0 Å². The van der Waals surface area contributed by atoms with Crippen molar-refractivity contribution in [3.05, 3.63) is 72.8 Å². The third-order valence-corrected chi connectivity index (χ3v) is 6.85. The number of hydrogen-bond acceptors (Lipinski definition) is 10. The molecule has 0 atom stereocenters. The van der Waals surface area contributed by atoms with Crippen molar-refractivity contribution >= 4 is 32.8 Å². The van der Waals surface area contributed by atoms with Crippen molar-refractivity contribution in [2.45, 2.75) is 24.5 Å². The number of benzene rings is 2. The lowest BCUT2D eigenvalue weighted by molar-refractivity contribution is -0.115. The Morgan fingerprint density at radius 3 is 2.45 bits per heavy atom. The van der Waals surface area contributed by atoms with Crippen LogP contribution in [0.4, 0.5) is 24.9 Å². The van der Waals surface area contributed by atoms with Crippen LogP contribution in [-0.2, 0) is 16.6 Å². The summed E-state index contributed by atoms with van der Waals surface area (Å²) in [5.74, 6) is 0.00428. The van der Waals surface area contributed by atoms with E-state index < -0.39 is 22.7 Å². The van der Waals surface area contributed by atoms with E-state index in [4.69, 9.17) is 9.88 Å². The number of primary sulfonamides is 1. The summed E-state index contributed by atoms with van der Waals surface area (Å²) < 4.78 is 70.6. The Morgan fingerprint density at radius 2 is 1.79 bits per heavy atom. The molecule has 0 aliphatic heterocycles. The number of alkyl halides is 3. The second kappa shape index (κ2) is 11.6. The molecular formula is C26H24F3N9O3S. The molecule has 0 spiro atoms. The number of pyridine rings is 1. The van der Waals surface area contributed by atoms with E-state index in [1.54, 1.807) is 36.1 Å². The minimum atomic E-state index is -4.52. The monoisotopic (exact) mass is 599 g/mol. The minimum Gasteiger partial charge on any atom is -0.492 e. The molecule has 3 heterocycles. The van der Waals surface area contributed by atoms with Gasteiger partial charge in [-0.3, -0.25) is 0 Å². The number of nitrogens with two attached hydrogens (primary N) is 1. The van der Waals surface area contributed by atoms with Crippen LogP contribution in [0.3, 0.4) is 0 Å². The zero-order chi connectivity index (χ0) is 29.9. The summed E-state index contributed by atoms with van der Waals surface area (Å²) in [7, 11) is -4.14. The van der Waals surface area contributed by atoms with E-state index in [1.807, 2.05) is 24.3 Å². The topological polar surface area (TPSA) is 163 Å². The van der Waals surface area contributed by atoms with Crippen LogP contribution >= 0.6 is 0 Å². The molecule has 218 valence electrons. The first-order valence-electron chi connectivity index (χ1n) is 12.5. The quantitative estimate of drug-likeness (QED) is 0.215. The van der Waals surface area contributed by atoms with Gasteiger partial charge in [0.1, 0.15) is 35.4 Å². The summed E-state index contributed by atoms with van der Waals surface area (Å²) in [6.45, 7) is 0.843. The Balaban J connectivity index is 1.46. The largest absolute Gasteiger partial charge is 0.492 e. The number of hydrogen-bond donors (Lipinski definition) is 3. The Morgan fingerprint density at radius 1 is 1.00 bits per heavy atom. The summed E-state index contributed by atoms with van der Waals surface area (Å²) >= 11 is 0. The van der Waals surface area contributed by atoms with E-state index in [0.717, 1.165) is 11.3 Å². The van der Waals surface area contributed by atoms with Gasteiger partial charge in [-0.05, 0) is 55.0 Å². The highest BCUT2D eigenvalue weighted by Gasteiger charge is 2.27. The number of sulfonamides is 1. The van der Waals surface area contributed by atoms with Gasteiger partial charge in [-0.25, -0.2) is 33.2 Å². The number of nitrogens with zero attached hydrogens (tertiary/aromatic N) is 6. The van der Waals surface area contributed by atoms with Gasteiger partial charge < -0.3 is 15.4 Å². The molecule has 0 saturated carbocycles. The molecule has 16 heteroatoms. The summed E-state index contributed by atoms with van der Waals surface area (Å²) in [6, 6.07) is 14.8. The van der Waals surface area contributed by atoms with Crippen molar-refractivity contribution in [2.75, 3.05) is 23.8 Å². The SMILES string of the molecule is CCOc1ccc(-c2ccc3nc(NCc4ccc(-n5cncn5)cc4)nc(NCC(F)(F)F)c3n2)cc1S(N)(=O)=O. The molecule has 42 heavy (non-hydrogen) atoms. The lowest BCUT2D eigenvalue weighted by Gasteiger charge is -2.14. The van der Waals surface area contributed by atoms with Crippen LogP contribution in [0.5, 0.6) is 5.75 Å². The summed E-state index contributed by atoms with van der Waals surface area (Å²) in [5.41, 5.74) is 2.61. The van der Waals surface area contributed by atoms with Gasteiger partial charge in [0.25, 0.3) is 0 Å². The van der Waals surface area contributed by atoms with Gasteiger partial charge in [0.15, 0.2) is 5.82 Å². The molecule has 2 aromatic carbocycles. The van der Waals surface area contributed by atoms with Crippen molar-refractivity contribution in [1.82, 2.24) is 29.7 Å². The average Bonchev–Trinajstić information content (AvgIpc) is 3.49. The number of ether oxygens (including phenoxy) is 1. The predicted octanol–water partition coefficient (Wildman–Crippen LogP) is 3.90. The van der Waals surface area contributed by atoms with E-state index in [-0.39, 0.29) is 52.3 Å². The maximum Gasteiger partial charge on any atom is 0.405 e. The zero-order valence-corrected chi connectivity index (χ0v) is 22.8. The van der Waals surface area contributed by atoms with Crippen LogP contribution in [0.15, 0.2) is 72.1 Å². The predicted molar refractivity (Wildman–Crippen MR) is 149 cm³/mol. The molecule has 0 unspecified atom stereocenters. The second-order valence-electron chi connectivity index (χ2n) is 8.93. The number of rotatable bonds is 10. The van der Waals surface area contributed by atoms with E-state index in [9.17, 15) is 21.6 Å². The van der Waals surface area contributed by atoms with Gasteiger partial charge >= 0.3 is 6.18 Å². The van der Waals surface area contributed by atoms with Gasteiger partial charge in [0.2, 0.25) is 16.0 Å². The maximum atomic E-state index is 13.1. The van der Waals surface area contributed by atoms with Crippen LogP contribution in [0.1, 0.15) is 12.5 Å². The molecule has 0 aliphatic carbocycles. The Kier molecular flexibility index (Phi) is 7.91. The number of nitrogens with one attached hydrogen (secondary N) is 2. The highest BCUT2D eigenvalue weighted by atomic mass is 32.2. The van der Waals surface area contributed by atoms with Crippen molar-refractivity contribution in [1.29, 1.82) is 0 Å². The van der Waals surface area contributed by atoms with Gasteiger partial charge in [-0.1, -0.05) is 12.1 Å². The van der Waals surface area contributed by atoms with E-state index >= 15 is 0 Å². The molecule has 5 rings (SSSR count). The third kappa shape index (κ3) is 6.72. The first-order chi connectivity index (χ1) is 20.0. The number of aromatic nitrogens is 6. The summed E-state index contributed by atoms with van der Waals surface area (Å²) in [6.07, 6.45) is -1.53. The molecule has 0 bridgehead atoms. The average molecular weight is 600 g/mol. The third-order valence-electron chi connectivity index (χ3n) is 5.91. The van der Waals surface area contributed by atoms with E-state index in [0.29, 0.717) is 5.56 Å². The Bertz CT molecular complexity index is 1820. The summed E-state index contributed by atoms with van der Waals surface area (Å²) in [5, 5.41) is 14.8. The number of fused-ring (bicyclic) bond motifs is 1. The smallest absolute Gasteiger partial charge is 0.405 e. The Hall–Kier alpha value is -4.83. The van der Waals surface area contributed by atoms with Crippen molar-refractivity contribution in [2.24, 2.45) is 5.14 Å². The molecule has 5 aromatic rings. The normalized spacial score (nSPS) is 11.9. The lowest BCUT2D eigenvalue weighted by atomic mass is 10.1. The Labute approximate surface area is 237 Å². The first kappa shape index (κ1) is 28.7. The maximum absolute atomic E-state index is 13.1. The first-order valence-corrected chi connectivity index (χ1v) is 14.0. The van der Waals surface area contributed by atoms with Crippen molar-refractivity contribution < 1.29 is 26.3 Å². The van der Waals surface area contributed by atoms with E-state index in [2.05, 4.69) is 35.7 Å². The van der Waals surface area contributed by atoms with Crippen LogP contribution in [0, 0.1) is 0 Å². The second-order valence-corrected chi connectivity index (χ2v) is 10.5. The molecule has 12 nitrogen and oxygen atoms in total. The molecular weight excluding hydrogens is 575 g/mol. The molecule has 0 radical (unpaired) electrons. The zero-order valence-electron chi connectivity index (χ0n) is 22.0.